The molecule has 0 aliphatic rings. The first-order chi connectivity index (χ1) is 17.5. The first-order valence-electron chi connectivity index (χ1n) is 14.4. The van der Waals surface area contributed by atoms with Gasteiger partial charge < -0.3 is 15.5 Å². The first kappa shape index (κ1) is 29.7. The number of aromatic hydroxyl groups is 2. The third-order valence-electron chi connectivity index (χ3n) is 7.34. The average Bonchev–Trinajstić information content (AvgIpc) is 2.88. The van der Waals surface area contributed by atoms with Gasteiger partial charge >= 0.3 is 0 Å². The molecule has 2 rings (SSSR count). The van der Waals surface area contributed by atoms with Crippen molar-refractivity contribution in [2.45, 2.75) is 116 Å². The molecule has 36 heavy (non-hydrogen) atoms. The zero-order valence-corrected chi connectivity index (χ0v) is 22.7. The standard InChI is InChI=1S/C32H49NO3/c1-3-5-25-33-32(36)16-14-12-10-8-6-7-9-11-13-15-31(27-19-23-29(35)24-20-27)30(4-2)26-17-21-28(34)22-18-26/h17-24,30-31,34-35H,3-16,25H2,1-2H3,(H,33,36). The molecule has 0 aromatic heterocycles. The fourth-order valence-electron chi connectivity index (χ4n) is 5.18. The Morgan fingerprint density at radius 2 is 1.14 bits per heavy atom. The van der Waals surface area contributed by atoms with E-state index in [-0.39, 0.29) is 5.91 Å². The molecule has 4 heteroatoms. The molecule has 0 spiro atoms. The van der Waals surface area contributed by atoms with Gasteiger partial charge in [0.2, 0.25) is 5.91 Å². The normalized spacial score (nSPS) is 12.8. The van der Waals surface area contributed by atoms with Crippen LogP contribution < -0.4 is 5.32 Å². The molecule has 4 nitrogen and oxygen atoms in total. The molecule has 0 saturated heterocycles. The van der Waals surface area contributed by atoms with Gasteiger partial charge in [-0.25, -0.2) is 0 Å². The summed E-state index contributed by atoms with van der Waals surface area (Å²) in [5, 5.41) is 22.5. The zero-order chi connectivity index (χ0) is 26.0. The number of unbranched alkanes of at least 4 members (excludes halogenated alkanes) is 9. The minimum absolute atomic E-state index is 0.213. The van der Waals surface area contributed by atoms with Gasteiger partial charge in [0.25, 0.3) is 0 Å². The Kier molecular flexibility index (Phi) is 14.8. The fraction of sp³-hybridized carbons (Fsp3) is 0.594. The van der Waals surface area contributed by atoms with Crippen LogP contribution in [-0.4, -0.2) is 22.7 Å². The van der Waals surface area contributed by atoms with Crippen LogP contribution in [0.25, 0.3) is 0 Å². The van der Waals surface area contributed by atoms with Crippen LogP contribution in [0, 0.1) is 0 Å². The number of hydrogen-bond acceptors (Lipinski definition) is 3. The Balaban J connectivity index is 1.68. The monoisotopic (exact) mass is 495 g/mol. The van der Waals surface area contributed by atoms with Crippen molar-refractivity contribution in [1.82, 2.24) is 5.32 Å². The summed E-state index contributed by atoms with van der Waals surface area (Å²) in [6, 6.07) is 15.4. The molecule has 3 N–H and O–H groups in total. The molecule has 0 bridgehead atoms. The van der Waals surface area contributed by atoms with E-state index in [1.807, 2.05) is 0 Å². The van der Waals surface area contributed by atoms with Crippen molar-refractivity contribution in [2.75, 3.05) is 6.54 Å². The van der Waals surface area contributed by atoms with Crippen LogP contribution in [0.5, 0.6) is 11.5 Å². The molecular formula is C32H49NO3. The Morgan fingerprint density at radius 3 is 1.64 bits per heavy atom. The van der Waals surface area contributed by atoms with Crippen LogP contribution in [0.4, 0.5) is 0 Å². The summed E-state index contributed by atoms with van der Waals surface area (Å²) in [5.41, 5.74) is 2.55. The lowest BCUT2D eigenvalue weighted by Crippen LogP contribution is -2.23. The number of hydrogen-bond donors (Lipinski definition) is 3. The summed E-state index contributed by atoms with van der Waals surface area (Å²) < 4.78 is 0. The Labute approximate surface area is 219 Å². The number of benzene rings is 2. The van der Waals surface area contributed by atoms with Crippen molar-refractivity contribution in [3.05, 3.63) is 59.7 Å². The summed E-state index contributed by atoms with van der Waals surface area (Å²) in [6.45, 7) is 5.20. The summed E-state index contributed by atoms with van der Waals surface area (Å²) in [6.07, 6.45) is 16.0. The van der Waals surface area contributed by atoms with E-state index in [0.29, 0.717) is 29.8 Å². The number of carbonyl (C=O) groups is 1. The number of phenols is 2. The maximum atomic E-state index is 11.7. The minimum Gasteiger partial charge on any atom is -0.508 e. The SMILES string of the molecule is CCCCNC(=O)CCCCCCCCCCCC(c1ccc(O)cc1)C(CC)c1ccc(O)cc1. The zero-order valence-electron chi connectivity index (χ0n) is 22.7. The third-order valence-corrected chi connectivity index (χ3v) is 7.34. The van der Waals surface area contributed by atoms with Gasteiger partial charge in [-0.3, -0.25) is 4.79 Å². The van der Waals surface area contributed by atoms with E-state index < -0.39 is 0 Å². The molecule has 2 unspecified atom stereocenters. The summed E-state index contributed by atoms with van der Waals surface area (Å²) in [4.78, 5) is 11.7. The van der Waals surface area contributed by atoms with Crippen LogP contribution in [0.3, 0.4) is 0 Å². The Morgan fingerprint density at radius 1 is 0.667 bits per heavy atom. The number of rotatable bonds is 19. The van der Waals surface area contributed by atoms with Crippen LogP contribution in [0.1, 0.15) is 127 Å². The first-order valence-corrected chi connectivity index (χ1v) is 14.4. The van der Waals surface area contributed by atoms with Crippen molar-refractivity contribution in [1.29, 1.82) is 0 Å². The van der Waals surface area contributed by atoms with Crippen LogP contribution in [0.2, 0.25) is 0 Å². The van der Waals surface area contributed by atoms with Crippen molar-refractivity contribution < 1.29 is 15.0 Å². The van der Waals surface area contributed by atoms with Gasteiger partial charge in [0.15, 0.2) is 0 Å². The maximum Gasteiger partial charge on any atom is 0.219 e. The van der Waals surface area contributed by atoms with Gasteiger partial charge in [-0.05, 0) is 72.9 Å². The van der Waals surface area contributed by atoms with Gasteiger partial charge in [0, 0.05) is 13.0 Å². The molecule has 2 aromatic carbocycles. The van der Waals surface area contributed by atoms with E-state index in [4.69, 9.17) is 0 Å². The fourth-order valence-corrected chi connectivity index (χ4v) is 5.18. The smallest absolute Gasteiger partial charge is 0.219 e. The van der Waals surface area contributed by atoms with E-state index >= 15 is 0 Å². The molecule has 0 radical (unpaired) electrons. The van der Waals surface area contributed by atoms with Gasteiger partial charge in [-0.1, -0.05) is 95.9 Å². The molecule has 0 aliphatic heterocycles. The quantitative estimate of drug-likeness (QED) is 0.171. The molecule has 0 fully saturated rings. The van der Waals surface area contributed by atoms with Gasteiger partial charge in [0.05, 0.1) is 0 Å². The van der Waals surface area contributed by atoms with Crippen molar-refractivity contribution in [2.24, 2.45) is 0 Å². The molecule has 0 aliphatic carbocycles. The van der Waals surface area contributed by atoms with E-state index in [1.165, 1.54) is 56.1 Å². The molecule has 2 aromatic rings. The molecular weight excluding hydrogens is 446 g/mol. The highest BCUT2D eigenvalue weighted by atomic mass is 16.3. The molecule has 0 heterocycles. The van der Waals surface area contributed by atoms with Crippen LogP contribution in [0.15, 0.2) is 48.5 Å². The Bertz CT molecular complexity index is 831. The Hall–Kier alpha value is -2.49. The third kappa shape index (κ3) is 11.5. The number of carbonyl (C=O) groups excluding carboxylic acids is 1. The van der Waals surface area contributed by atoms with Crippen molar-refractivity contribution in [3.63, 3.8) is 0 Å². The van der Waals surface area contributed by atoms with Crippen LogP contribution in [-0.2, 0) is 4.79 Å². The second-order valence-corrected chi connectivity index (χ2v) is 10.2. The van der Waals surface area contributed by atoms with E-state index in [2.05, 4.69) is 43.4 Å². The molecule has 0 saturated carbocycles. The maximum absolute atomic E-state index is 11.7. The van der Waals surface area contributed by atoms with Crippen molar-refractivity contribution >= 4 is 5.91 Å². The summed E-state index contributed by atoms with van der Waals surface area (Å²) >= 11 is 0. The second-order valence-electron chi connectivity index (χ2n) is 10.2. The number of amides is 1. The van der Waals surface area contributed by atoms with Crippen molar-refractivity contribution in [3.8, 4) is 11.5 Å². The number of phenolic OH excluding ortho intramolecular Hbond substituents is 2. The largest absolute Gasteiger partial charge is 0.508 e. The average molecular weight is 496 g/mol. The summed E-state index contributed by atoms with van der Waals surface area (Å²) in [5.74, 6) is 1.63. The van der Waals surface area contributed by atoms with E-state index in [0.717, 1.165) is 45.1 Å². The van der Waals surface area contributed by atoms with E-state index in [1.54, 1.807) is 24.3 Å². The predicted molar refractivity (Wildman–Crippen MR) is 151 cm³/mol. The molecule has 1 amide bonds. The molecule has 200 valence electrons. The highest BCUT2D eigenvalue weighted by Gasteiger charge is 2.23. The van der Waals surface area contributed by atoms with Crippen LogP contribution >= 0.6 is 0 Å². The topological polar surface area (TPSA) is 69.6 Å². The molecule has 2 atom stereocenters. The lowest BCUT2D eigenvalue weighted by Gasteiger charge is -2.28. The highest BCUT2D eigenvalue weighted by molar-refractivity contribution is 5.75. The highest BCUT2D eigenvalue weighted by Crippen LogP contribution is 2.40. The lowest BCUT2D eigenvalue weighted by molar-refractivity contribution is -0.121. The van der Waals surface area contributed by atoms with Gasteiger partial charge in [0.1, 0.15) is 11.5 Å². The van der Waals surface area contributed by atoms with Gasteiger partial charge in [-0.15, -0.1) is 0 Å². The van der Waals surface area contributed by atoms with Gasteiger partial charge in [-0.2, -0.15) is 0 Å². The lowest BCUT2D eigenvalue weighted by atomic mass is 9.77. The predicted octanol–water partition coefficient (Wildman–Crippen LogP) is 8.58. The summed E-state index contributed by atoms with van der Waals surface area (Å²) in [7, 11) is 0. The second kappa shape index (κ2) is 17.9. The number of nitrogens with one attached hydrogen (secondary N) is 1. The van der Waals surface area contributed by atoms with E-state index in [9.17, 15) is 15.0 Å². The minimum atomic E-state index is 0.213.